The Kier molecular flexibility index (Phi) is 7.05. The van der Waals surface area contributed by atoms with Crippen LogP contribution in [0.25, 0.3) is 0 Å². The largest absolute Gasteiger partial charge is 0.454 e. The van der Waals surface area contributed by atoms with Crippen molar-refractivity contribution in [3.63, 3.8) is 0 Å². The van der Waals surface area contributed by atoms with Crippen LogP contribution in [-0.2, 0) is 30.8 Å². The highest BCUT2D eigenvalue weighted by molar-refractivity contribution is 7.89. The van der Waals surface area contributed by atoms with Crippen molar-refractivity contribution < 1.29 is 22.7 Å². The van der Waals surface area contributed by atoms with Crippen molar-refractivity contribution in [3.8, 4) is 6.07 Å². The van der Waals surface area contributed by atoms with Gasteiger partial charge in [0.25, 0.3) is 5.91 Å². The molecule has 1 atom stereocenters. The number of anilines is 1. The van der Waals surface area contributed by atoms with Gasteiger partial charge >= 0.3 is 5.97 Å². The minimum absolute atomic E-state index is 0.121. The summed E-state index contributed by atoms with van der Waals surface area (Å²) in [6.45, 7) is 1.56. The van der Waals surface area contributed by atoms with Gasteiger partial charge in [0.2, 0.25) is 10.0 Å². The van der Waals surface area contributed by atoms with E-state index in [1.165, 1.54) is 12.1 Å². The van der Waals surface area contributed by atoms with Gasteiger partial charge in [0.15, 0.2) is 6.61 Å². The zero-order valence-corrected chi connectivity index (χ0v) is 17.9. The number of nitrogens with one attached hydrogen (secondary N) is 1. The van der Waals surface area contributed by atoms with Gasteiger partial charge in [-0.2, -0.15) is 9.57 Å². The van der Waals surface area contributed by atoms with E-state index in [0.717, 1.165) is 15.4 Å². The molecule has 0 saturated carbocycles. The molecular formula is C22H23N3O5S. The Balaban J connectivity index is 1.58. The van der Waals surface area contributed by atoms with Gasteiger partial charge in [-0.25, -0.2) is 8.42 Å². The summed E-state index contributed by atoms with van der Waals surface area (Å²) in [6, 6.07) is 14.3. The summed E-state index contributed by atoms with van der Waals surface area (Å²) in [6.07, 6.45) is 1.15. The molecule has 1 saturated heterocycles. The molecule has 1 N–H and O–H groups in total. The normalized spacial score (nSPS) is 16.5. The van der Waals surface area contributed by atoms with Crippen molar-refractivity contribution in [1.29, 1.82) is 5.26 Å². The highest BCUT2D eigenvalue weighted by atomic mass is 32.2. The number of nitrogens with zero attached hydrogens (tertiary/aromatic N) is 2. The summed E-state index contributed by atoms with van der Waals surface area (Å²) in [5.74, 6) is -1.28. The van der Waals surface area contributed by atoms with E-state index in [1.54, 1.807) is 36.4 Å². The fourth-order valence-corrected chi connectivity index (χ4v) is 4.98. The smallest absolute Gasteiger partial charge is 0.324 e. The topological polar surface area (TPSA) is 117 Å². The fraction of sp³-hybridized carbons (Fsp3) is 0.318. The highest BCUT2D eigenvalue weighted by Crippen LogP contribution is 2.27. The van der Waals surface area contributed by atoms with E-state index >= 15 is 0 Å². The number of carbonyl (C=O) groups is 2. The third kappa shape index (κ3) is 5.48. The van der Waals surface area contributed by atoms with E-state index in [1.807, 2.05) is 13.0 Å². The molecule has 0 spiro atoms. The van der Waals surface area contributed by atoms with Gasteiger partial charge in [-0.3, -0.25) is 9.59 Å². The zero-order chi connectivity index (χ0) is 22.4. The van der Waals surface area contributed by atoms with Crippen LogP contribution in [0.4, 0.5) is 5.69 Å². The summed E-state index contributed by atoms with van der Waals surface area (Å²) in [5, 5.41) is 11.3. The molecule has 2 aromatic carbocycles. The van der Waals surface area contributed by atoms with Gasteiger partial charge in [0.05, 0.1) is 17.4 Å². The predicted molar refractivity (Wildman–Crippen MR) is 113 cm³/mol. The first kappa shape index (κ1) is 22.5. The van der Waals surface area contributed by atoms with Gasteiger partial charge in [0, 0.05) is 12.2 Å². The highest BCUT2D eigenvalue weighted by Gasteiger charge is 2.40. The van der Waals surface area contributed by atoms with Crippen LogP contribution in [0.15, 0.2) is 53.4 Å². The third-order valence-corrected chi connectivity index (χ3v) is 6.89. The molecule has 0 aromatic heterocycles. The lowest BCUT2D eigenvalue weighted by Gasteiger charge is -2.22. The lowest BCUT2D eigenvalue weighted by Crippen LogP contribution is -2.42. The molecule has 0 aliphatic carbocycles. The summed E-state index contributed by atoms with van der Waals surface area (Å²) in [4.78, 5) is 24.7. The Labute approximate surface area is 181 Å². The lowest BCUT2D eigenvalue weighted by atomic mass is 10.1. The fourth-order valence-electron chi connectivity index (χ4n) is 3.34. The van der Waals surface area contributed by atoms with E-state index in [0.29, 0.717) is 18.5 Å². The van der Waals surface area contributed by atoms with E-state index in [2.05, 4.69) is 5.32 Å². The molecule has 1 fully saturated rings. The van der Waals surface area contributed by atoms with E-state index in [-0.39, 0.29) is 17.9 Å². The van der Waals surface area contributed by atoms with Crippen molar-refractivity contribution in [2.75, 3.05) is 18.5 Å². The molecule has 1 aliphatic heterocycles. The molecule has 3 rings (SSSR count). The molecule has 1 aliphatic rings. The molecule has 0 bridgehead atoms. The first-order valence-corrected chi connectivity index (χ1v) is 11.3. The second-order valence-corrected chi connectivity index (χ2v) is 9.17. The molecule has 1 heterocycles. The summed E-state index contributed by atoms with van der Waals surface area (Å²) < 4.78 is 32.1. The van der Waals surface area contributed by atoms with Crippen molar-refractivity contribution in [2.24, 2.45) is 0 Å². The van der Waals surface area contributed by atoms with Gasteiger partial charge in [-0.05, 0) is 49.6 Å². The lowest BCUT2D eigenvalue weighted by molar-refractivity contribution is -0.150. The van der Waals surface area contributed by atoms with Crippen LogP contribution in [-0.4, -0.2) is 43.8 Å². The molecule has 1 amide bonds. The van der Waals surface area contributed by atoms with Gasteiger partial charge in [-0.15, -0.1) is 0 Å². The number of sulfonamides is 1. The van der Waals surface area contributed by atoms with Gasteiger partial charge < -0.3 is 10.1 Å². The predicted octanol–water partition coefficient (Wildman–Crippen LogP) is 2.40. The number of esters is 1. The second kappa shape index (κ2) is 9.73. The van der Waals surface area contributed by atoms with Gasteiger partial charge in [-0.1, -0.05) is 29.8 Å². The number of rotatable bonds is 7. The van der Waals surface area contributed by atoms with Crippen molar-refractivity contribution in [1.82, 2.24) is 4.31 Å². The van der Waals surface area contributed by atoms with E-state index in [9.17, 15) is 18.0 Å². The molecule has 162 valence electrons. The first-order chi connectivity index (χ1) is 14.8. The van der Waals surface area contributed by atoms with Crippen LogP contribution in [0.2, 0.25) is 0 Å². The number of carbonyl (C=O) groups excluding carboxylic acids is 2. The average Bonchev–Trinajstić information content (AvgIpc) is 3.25. The summed E-state index contributed by atoms with van der Waals surface area (Å²) in [7, 11) is -3.84. The van der Waals surface area contributed by atoms with Gasteiger partial charge in [0.1, 0.15) is 6.04 Å². The average molecular weight is 442 g/mol. The molecule has 0 unspecified atom stereocenters. The minimum atomic E-state index is -3.84. The zero-order valence-electron chi connectivity index (χ0n) is 17.1. The SMILES string of the molecule is Cc1ccc(S(=O)(=O)N2CCC[C@H]2C(=O)OCC(=O)Nc2ccc(CC#N)cc2)cc1. The van der Waals surface area contributed by atoms with Crippen LogP contribution in [0.3, 0.4) is 0 Å². The molecular weight excluding hydrogens is 418 g/mol. The molecule has 0 radical (unpaired) electrons. The molecule has 31 heavy (non-hydrogen) atoms. The van der Waals surface area contributed by atoms with Crippen LogP contribution in [0, 0.1) is 18.3 Å². The second-order valence-electron chi connectivity index (χ2n) is 7.27. The molecule has 2 aromatic rings. The number of benzene rings is 2. The monoisotopic (exact) mass is 441 g/mol. The van der Waals surface area contributed by atoms with E-state index in [4.69, 9.17) is 10.00 Å². The number of nitriles is 1. The Morgan fingerprint density at radius 2 is 1.84 bits per heavy atom. The number of hydrogen-bond acceptors (Lipinski definition) is 6. The first-order valence-electron chi connectivity index (χ1n) is 9.82. The molecule has 9 heteroatoms. The Morgan fingerprint density at radius 1 is 1.16 bits per heavy atom. The Bertz CT molecular complexity index is 1090. The Hall–Kier alpha value is -3.22. The summed E-state index contributed by atoms with van der Waals surface area (Å²) in [5.41, 5.74) is 2.26. The van der Waals surface area contributed by atoms with Crippen molar-refractivity contribution in [3.05, 3.63) is 59.7 Å². The van der Waals surface area contributed by atoms with E-state index < -0.39 is 34.5 Å². The van der Waals surface area contributed by atoms with Crippen LogP contribution < -0.4 is 5.32 Å². The number of aryl methyl sites for hydroxylation is 1. The number of hydrogen-bond donors (Lipinski definition) is 1. The van der Waals surface area contributed by atoms with Crippen LogP contribution in [0.5, 0.6) is 0 Å². The minimum Gasteiger partial charge on any atom is -0.454 e. The maximum atomic E-state index is 12.9. The third-order valence-electron chi connectivity index (χ3n) is 4.97. The maximum absolute atomic E-state index is 12.9. The van der Waals surface area contributed by atoms with Crippen molar-refractivity contribution in [2.45, 2.75) is 37.1 Å². The number of amides is 1. The molecule has 8 nitrogen and oxygen atoms in total. The van der Waals surface area contributed by atoms with Crippen LogP contribution in [0.1, 0.15) is 24.0 Å². The standard InChI is InChI=1S/C22H23N3O5S/c1-16-4-10-19(11-5-16)31(28,29)25-14-2-3-20(25)22(27)30-15-21(26)24-18-8-6-17(7-9-18)12-13-23/h4-11,20H,2-3,12,14-15H2,1H3,(H,24,26)/t20-/m0/s1. The Morgan fingerprint density at radius 3 is 2.48 bits per heavy atom. The summed E-state index contributed by atoms with van der Waals surface area (Å²) >= 11 is 0. The number of ether oxygens (including phenoxy) is 1. The maximum Gasteiger partial charge on any atom is 0.324 e. The van der Waals surface area contributed by atoms with Crippen molar-refractivity contribution >= 4 is 27.6 Å². The quantitative estimate of drug-likeness (QED) is 0.660. The van der Waals surface area contributed by atoms with Crippen LogP contribution >= 0.6 is 0 Å².